The van der Waals surface area contributed by atoms with Gasteiger partial charge in [-0.25, -0.2) is 13.4 Å². The van der Waals surface area contributed by atoms with Crippen molar-refractivity contribution in [2.24, 2.45) is 0 Å². The van der Waals surface area contributed by atoms with Crippen molar-refractivity contribution in [3.63, 3.8) is 0 Å². The second-order valence-electron chi connectivity index (χ2n) is 8.50. The molecule has 5 rings (SSSR count). The van der Waals surface area contributed by atoms with E-state index in [0.29, 0.717) is 43.3 Å². The van der Waals surface area contributed by atoms with Gasteiger partial charge in [0, 0.05) is 30.6 Å². The fourth-order valence-electron chi connectivity index (χ4n) is 4.58. The summed E-state index contributed by atoms with van der Waals surface area (Å²) < 4.78 is 27.5. The van der Waals surface area contributed by atoms with E-state index in [9.17, 15) is 18.0 Å². The van der Waals surface area contributed by atoms with E-state index in [2.05, 4.69) is 4.98 Å². The monoisotopic (exact) mass is 486 g/mol. The van der Waals surface area contributed by atoms with Crippen molar-refractivity contribution >= 4 is 44.0 Å². The zero-order chi connectivity index (χ0) is 23.2. The van der Waals surface area contributed by atoms with Crippen molar-refractivity contribution in [1.82, 2.24) is 19.4 Å². The van der Waals surface area contributed by atoms with Crippen LogP contribution in [0.4, 0.5) is 0 Å². The Balaban J connectivity index is 1.17. The summed E-state index contributed by atoms with van der Waals surface area (Å²) in [6.07, 6.45) is 4.51. The van der Waals surface area contributed by atoms with Crippen LogP contribution in [0, 0.1) is 0 Å². The first-order valence-electron chi connectivity index (χ1n) is 10.8. The predicted molar refractivity (Wildman–Crippen MR) is 124 cm³/mol. The Kier molecular flexibility index (Phi) is 5.62. The summed E-state index contributed by atoms with van der Waals surface area (Å²) in [5.41, 5.74) is 0.593. The number of fused-ring (bicyclic) bond motifs is 2. The first kappa shape index (κ1) is 21.9. The van der Waals surface area contributed by atoms with Gasteiger partial charge in [-0.15, -0.1) is 0 Å². The minimum Gasteiger partial charge on any atom is -0.343 e. The number of piperidine rings is 1. The van der Waals surface area contributed by atoms with E-state index in [1.54, 1.807) is 53.8 Å². The van der Waals surface area contributed by atoms with Gasteiger partial charge in [-0.1, -0.05) is 23.7 Å². The smallest absolute Gasteiger partial charge is 0.273 e. The number of halogens is 1. The summed E-state index contributed by atoms with van der Waals surface area (Å²) in [4.78, 5) is 33.0. The second-order valence-corrected chi connectivity index (χ2v) is 11.0. The molecule has 33 heavy (non-hydrogen) atoms. The number of carbonyl (C=O) groups is 2. The second kappa shape index (κ2) is 8.46. The molecule has 0 unspecified atom stereocenters. The Hall–Kier alpha value is -2.91. The van der Waals surface area contributed by atoms with Gasteiger partial charge >= 0.3 is 0 Å². The molecule has 2 aliphatic rings. The molecule has 0 aliphatic carbocycles. The van der Waals surface area contributed by atoms with Gasteiger partial charge in [-0.3, -0.25) is 9.59 Å². The summed E-state index contributed by atoms with van der Waals surface area (Å²) >= 11 is 5.99. The zero-order valence-electron chi connectivity index (χ0n) is 17.9. The first-order valence-corrected chi connectivity index (χ1v) is 12.9. The first-order chi connectivity index (χ1) is 15.8. The summed E-state index contributed by atoms with van der Waals surface area (Å²) in [5, 5.41) is 2.24. The van der Waals surface area contributed by atoms with Crippen LogP contribution in [0.2, 0.25) is 5.02 Å². The number of likely N-dealkylation sites (tertiary alicyclic amines) is 1. The lowest BCUT2D eigenvalue weighted by Gasteiger charge is -2.36. The molecule has 10 heteroatoms. The topological polar surface area (TPSA) is 92.6 Å². The van der Waals surface area contributed by atoms with Gasteiger partial charge in [0.15, 0.2) is 9.84 Å². The quantitative estimate of drug-likeness (QED) is 0.552. The minimum atomic E-state index is -3.59. The third-order valence-electron chi connectivity index (χ3n) is 6.47. The van der Waals surface area contributed by atoms with Crippen LogP contribution >= 0.6 is 11.6 Å². The number of carbonyl (C=O) groups excluding carboxylic acids is 2. The normalized spacial score (nSPS) is 17.1. The number of hydrogen-bond donors (Lipinski definition) is 0. The maximum Gasteiger partial charge on any atom is 0.273 e. The van der Waals surface area contributed by atoms with Gasteiger partial charge in [0.25, 0.3) is 5.91 Å². The van der Waals surface area contributed by atoms with E-state index in [4.69, 9.17) is 11.6 Å². The van der Waals surface area contributed by atoms with Gasteiger partial charge in [0.1, 0.15) is 5.69 Å². The molecule has 0 atom stereocenters. The molecule has 0 radical (unpaired) electrons. The Labute approximate surface area is 196 Å². The summed E-state index contributed by atoms with van der Waals surface area (Å²) in [5.74, 6) is -0.438. The SMILES string of the molecule is O=C(CCS(=O)(=O)c1ccc2cc(Cl)ccc2c1)N1CCC(N2Cn3cncc3C2=O)CC1. The Morgan fingerprint density at radius 1 is 1.09 bits per heavy atom. The number of nitrogens with zero attached hydrogens (tertiary/aromatic N) is 4. The Morgan fingerprint density at radius 3 is 2.58 bits per heavy atom. The van der Waals surface area contributed by atoms with Crippen molar-refractivity contribution in [2.45, 2.75) is 36.9 Å². The van der Waals surface area contributed by atoms with E-state index >= 15 is 0 Å². The molecule has 2 aliphatic heterocycles. The lowest BCUT2D eigenvalue weighted by atomic mass is 10.0. The average molecular weight is 487 g/mol. The number of benzene rings is 2. The van der Waals surface area contributed by atoms with E-state index in [1.807, 2.05) is 9.47 Å². The van der Waals surface area contributed by atoms with Crippen molar-refractivity contribution in [3.05, 3.63) is 59.6 Å². The maximum absolute atomic E-state index is 12.8. The highest BCUT2D eigenvalue weighted by molar-refractivity contribution is 7.91. The van der Waals surface area contributed by atoms with Crippen LogP contribution in [-0.4, -0.2) is 64.5 Å². The van der Waals surface area contributed by atoms with E-state index in [0.717, 1.165) is 10.8 Å². The molecule has 2 amide bonds. The molecule has 0 spiro atoms. The fraction of sp³-hybridized carbons (Fsp3) is 0.348. The Morgan fingerprint density at radius 2 is 1.82 bits per heavy atom. The summed E-state index contributed by atoms with van der Waals surface area (Å²) in [6, 6.07) is 10.3. The largest absolute Gasteiger partial charge is 0.343 e. The molecule has 2 aromatic carbocycles. The lowest BCUT2D eigenvalue weighted by Crippen LogP contribution is -2.47. The number of aromatic nitrogens is 2. The molecule has 0 saturated carbocycles. The fourth-order valence-corrected chi connectivity index (χ4v) is 6.02. The summed E-state index contributed by atoms with van der Waals surface area (Å²) in [7, 11) is -3.59. The van der Waals surface area contributed by atoms with Gasteiger partial charge in [0.2, 0.25) is 5.91 Å². The highest BCUT2D eigenvalue weighted by Gasteiger charge is 2.35. The van der Waals surface area contributed by atoms with Crippen LogP contribution < -0.4 is 0 Å². The van der Waals surface area contributed by atoms with E-state index in [-0.39, 0.29) is 34.9 Å². The molecule has 1 saturated heterocycles. The number of imidazole rings is 1. The van der Waals surface area contributed by atoms with Crippen LogP contribution in [0.25, 0.3) is 10.8 Å². The zero-order valence-corrected chi connectivity index (χ0v) is 19.4. The number of rotatable bonds is 5. The van der Waals surface area contributed by atoms with Crippen LogP contribution in [-0.2, 0) is 21.3 Å². The molecule has 0 N–H and O–H groups in total. The summed E-state index contributed by atoms with van der Waals surface area (Å²) in [6.45, 7) is 1.51. The van der Waals surface area contributed by atoms with Gasteiger partial charge in [0.05, 0.1) is 29.8 Å². The standard InChI is InChI=1S/C23H23ClN4O4S/c24-18-3-1-17-12-20(4-2-16(17)11-18)33(31,32)10-7-22(29)26-8-5-19(6-9-26)28-15-27-14-25-13-21(27)23(28)30/h1-4,11-14,19H,5-10,15H2. The molecular formula is C23H23ClN4O4S. The highest BCUT2D eigenvalue weighted by Crippen LogP contribution is 2.26. The van der Waals surface area contributed by atoms with Crippen LogP contribution in [0.3, 0.4) is 0 Å². The van der Waals surface area contributed by atoms with Crippen LogP contribution in [0.1, 0.15) is 29.8 Å². The van der Waals surface area contributed by atoms with Crippen molar-refractivity contribution in [2.75, 3.05) is 18.8 Å². The molecule has 1 aromatic heterocycles. The molecule has 3 heterocycles. The molecule has 172 valence electrons. The van der Waals surface area contributed by atoms with Crippen molar-refractivity contribution in [3.8, 4) is 0 Å². The molecular weight excluding hydrogens is 464 g/mol. The lowest BCUT2D eigenvalue weighted by molar-refractivity contribution is -0.132. The number of sulfone groups is 1. The van der Waals surface area contributed by atoms with E-state index < -0.39 is 9.84 Å². The highest BCUT2D eigenvalue weighted by atomic mass is 35.5. The van der Waals surface area contributed by atoms with E-state index in [1.165, 1.54) is 0 Å². The third kappa shape index (κ3) is 4.22. The molecule has 3 aromatic rings. The Bertz CT molecular complexity index is 1350. The predicted octanol–water partition coefficient (Wildman–Crippen LogP) is 2.96. The third-order valence-corrected chi connectivity index (χ3v) is 8.42. The molecule has 0 bridgehead atoms. The van der Waals surface area contributed by atoms with Gasteiger partial charge < -0.3 is 14.4 Å². The maximum atomic E-state index is 12.8. The average Bonchev–Trinajstić information content (AvgIpc) is 3.40. The molecule has 8 nitrogen and oxygen atoms in total. The van der Waals surface area contributed by atoms with Crippen LogP contribution in [0.15, 0.2) is 53.8 Å². The van der Waals surface area contributed by atoms with Gasteiger partial charge in [-0.05, 0) is 47.9 Å². The van der Waals surface area contributed by atoms with Crippen molar-refractivity contribution < 1.29 is 18.0 Å². The van der Waals surface area contributed by atoms with Gasteiger partial charge in [-0.2, -0.15) is 0 Å². The van der Waals surface area contributed by atoms with Crippen molar-refractivity contribution in [1.29, 1.82) is 0 Å². The van der Waals surface area contributed by atoms with Crippen LogP contribution in [0.5, 0.6) is 0 Å². The number of amides is 2. The number of hydrogen-bond acceptors (Lipinski definition) is 5. The minimum absolute atomic E-state index is 0.0268. The molecule has 1 fully saturated rings.